The monoisotopic (exact) mass is 403 g/mol. The zero-order valence-electron chi connectivity index (χ0n) is 16.7. The lowest BCUT2D eigenvalue weighted by Gasteiger charge is -2.03. The maximum absolute atomic E-state index is 12.6. The Labute approximate surface area is 172 Å². The zero-order chi connectivity index (χ0) is 21.1. The van der Waals surface area contributed by atoms with E-state index in [0.29, 0.717) is 23.4 Å². The SMILES string of the molecule is CCNC(=O)c1cccn2cc(C(=O)NCc3nn(-c4ccccc4)nc3C)nc12. The summed E-state index contributed by atoms with van der Waals surface area (Å²) in [6.07, 6.45) is 3.35. The van der Waals surface area contributed by atoms with Gasteiger partial charge in [0.15, 0.2) is 5.65 Å². The van der Waals surface area contributed by atoms with Gasteiger partial charge in [-0.2, -0.15) is 15.0 Å². The van der Waals surface area contributed by atoms with Crippen LogP contribution in [0.1, 0.15) is 39.2 Å². The summed E-state index contributed by atoms with van der Waals surface area (Å²) in [5.74, 6) is -0.581. The fraction of sp³-hybridized carbons (Fsp3) is 0.190. The molecule has 0 aliphatic heterocycles. The Hall–Kier alpha value is -4.01. The van der Waals surface area contributed by atoms with Crippen LogP contribution in [0.25, 0.3) is 11.3 Å². The second-order valence-corrected chi connectivity index (χ2v) is 6.68. The average Bonchev–Trinajstić information content (AvgIpc) is 3.36. The Morgan fingerprint density at radius 3 is 2.57 bits per heavy atom. The lowest BCUT2D eigenvalue weighted by molar-refractivity contribution is 0.0940. The average molecular weight is 403 g/mol. The second-order valence-electron chi connectivity index (χ2n) is 6.68. The number of aryl methyl sites for hydroxylation is 1. The fourth-order valence-electron chi connectivity index (χ4n) is 3.06. The molecule has 3 aromatic heterocycles. The predicted octanol–water partition coefficient (Wildman–Crippen LogP) is 1.90. The molecule has 9 nitrogen and oxygen atoms in total. The van der Waals surface area contributed by atoms with Crippen molar-refractivity contribution in [3.8, 4) is 5.69 Å². The van der Waals surface area contributed by atoms with Crippen molar-refractivity contribution >= 4 is 17.5 Å². The van der Waals surface area contributed by atoms with Crippen LogP contribution in [0, 0.1) is 6.92 Å². The molecule has 30 heavy (non-hydrogen) atoms. The van der Waals surface area contributed by atoms with Crippen molar-refractivity contribution in [2.75, 3.05) is 6.54 Å². The van der Waals surface area contributed by atoms with E-state index in [-0.39, 0.29) is 24.1 Å². The molecule has 4 rings (SSSR count). The number of benzene rings is 1. The number of nitrogens with zero attached hydrogens (tertiary/aromatic N) is 5. The van der Waals surface area contributed by atoms with Gasteiger partial charge in [-0.1, -0.05) is 18.2 Å². The van der Waals surface area contributed by atoms with Gasteiger partial charge < -0.3 is 15.0 Å². The minimum absolute atomic E-state index is 0.217. The maximum atomic E-state index is 12.6. The lowest BCUT2D eigenvalue weighted by Crippen LogP contribution is -2.24. The summed E-state index contributed by atoms with van der Waals surface area (Å²) in [6, 6.07) is 13.0. The first-order valence-electron chi connectivity index (χ1n) is 9.59. The van der Waals surface area contributed by atoms with Gasteiger partial charge in [0.2, 0.25) is 0 Å². The predicted molar refractivity (Wildman–Crippen MR) is 110 cm³/mol. The highest BCUT2D eigenvalue weighted by molar-refractivity contribution is 6.01. The molecule has 0 atom stereocenters. The fourth-order valence-corrected chi connectivity index (χ4v) is 3.06. The van der Waals surface area contributed by atoms with Crippen LogP contribution in [0.15, 0.2) is 54.9 Å². The van der Waals surface area contributed by atoms with Gasteiger partial charge in [0, 0.05) is 18.9 Å². The Kier molecular flexibility index (Phi) is 5.25. The molecule has 4 aromatic rings. The number of carbonyl (C=O) groups excluding carboxylic acids is 2. The Bertz CT molecular complexity index is 1210. The summed E-state index contributed by atoms with van der Waals surface area (Å²) in [5.41, 5.74) is 3.31. The van der Waals surface area contributed by atoms with Crippen LogP contribution in [0.3, 0.4) is 0 Å². The summed E-state index contributed by atoms with van der Waals surface area (Å²) in [5, 5.41) is 14.4. The number of rotatable bonds is 6. The van der Waals surface area contributed by atoms with Gasteiger partial charge in [-0.15, -0.1) is 0 Å². The van der Waals surface area contributed by atoms with Crippen molar-refractivity contribution in [2.45, 2.75) is 20.4 Å². The molecule has 9 heteroatoms. The van der Waals surface area contributed by atoms with Crippen LogP contribution in [-0.2, 0) is 6.54 Å². The molecular weight excluding hydrogens is 382 g/mol. The first kappa shape index (κ1) is 19.3. The topological polar surface area (TPSA) is 106 Å². The Morgan fingerprint density at radius 2 is 1.80 bits per heavy atom. The van der Waals surface area contributed by atoms with E-state index in [2.05, 4.69) is 25.8 Å². The molecule has 3 heterocycles. The summed E-state index contributed by atoms with van der Waals surface area (Å²) in [4.78, 5) is 30.8. The third-order valence-electron chi connectivity index (χ3n) is 4.58. The minimum atomic E-state index is -0.353. The van der Waals surface area contributed by atoms with E-state index in [0.717, 1.165) is 11.4 Å². The molecule has 0 unspecified atom stereocenters. The number of imidazole rings is 1. The zero-order valence-corrected chi connectivity index (χ0v) is 16.7. The van der Waals surface area contributed by atoms with E-state index in [1.54, 1.807) is 33.7 Å². The van der Waals surface area contributed by atoms with Gasteiger partial charge in [0.05, 0.1) is 23.5 Å². The van der Waals surface area contributed by atoms with Gasteiger partial charge in [0.1, 0.15) is 11.4 Å². The normalized spacial score (nSPS) is 10.9. The molecular formula is C21H21N7O2. The standard InChI is InChI=1S/C21H21N7O2/c1-3-22-20(29)16-10-7-11-27-13-18(24-19(16)27)21(30)23-12-17-14(2)25-28(26-17)15-8-5-4-6-9-15/h4-11,13H,3,12H2,1-2H3,(H,22,29)(H,23,30). The Balaban J connectivity index is 1.51. The van der Waals surface area contributed by atoms with Crippen molar-refractivity contribution in [1.29, 1.82) is 0 Å². The van der Waals surface area contributed by atoms with Crippen LogP contribution >= 0.6 is 0 Å². The summed E-state index contributed by atoms with van der Waals surface area (Å²) in [6.45, 7) is 4.42. The number of nitrogens with one attached hydrogen (secondary N) is 2. The Morgan fingerprint density at radius 1 is 1.00 bits per heavy atom. The molecule has 0 aliphatic rings. The largest absolute Gasteiger partial charge is 0.352 e. The van der Waals surface area contributed by atoms with E-state index >= 15 is 0 Å². The van der Waals surface area contributed by atoms with Gasteiger partial charge in [0.25, 0.3) is 11.8 Å². The molecule has 0 aliphatic carbocycles. The first-order valence-corrected chi connectivity index (χ1v) is 9.59. The number of carbonyl (C=O) groups is 2. The smallest absolute Gasteiger partial charge is 0.271 e. The van der Waals surface area contributed by atoms with Crippen LogP contribution in [0.2, 0.25) is 0 Å². The van der Waals surface area contributed by atoms with Crippen LogP contribution in [-0.4, -0.2) is 42.7 Å². The van der Waals surface area contributed by atoms with E-state index in [1.165, 1.54) is 0 Å². The molecule has 0 spiro atoms. The number of para-hydroxylation sites is 1. The second kappa shape index (κ2) is 8.16. The van der Waals surface area contributed by atoms with Crippen LogP contribution < -0.4 is 10.6 Å². The van der Waals surface area contributed by atoms with Crippen molar-refractivity contribution < 1.29 is 9.59 Å². The van der Waals surface area contributed by atoms with Crippen molar-refractivity contribution in [3.63, 3.8) is 0 Å². The highest BCUT2D eigenvalue weighted by atomic mass is 16.2. The van der Waals surface area contributed by atoms with E-state index in [1.807, 2.05) is 44.2 Å². The number of hydrogen-bond donors (Lipinski definition) is 2. The third-order valence-corrected chi connectivity index (χ3v) is 4.58. The molecule has 2 N–H and O–H groups in total. The highest BCUT2D eigenvalue weighted by Gasteiger charge is 2.17. The quantitative estimate of drug-likeness (QED) is 0.511. The van der Waals surface area contributed by atoms with Crippen molar-refractivity contribution in [2.24, 2.45) is 0 Å². The molecule has 0 saturated heterocycles. The first-order chi connectivity index (χ1) is 14.6. The van der Waals surface area contributed by atoms with Crippen molar-refractivity contribution in [1.82, 2.24) is 35.0 Å². The van der Waals surface area contributed by atoms with E-state index in [4.69, 9.17) is 0 Å². The molecule has 1 aromatic carbocycles. The molecule has 0 saturated carbocycles. The van der Waals surface area contributed by atoms with Crippen LogP contribution in [0.4, 0.5) is 0 Å². The molecule has 152 valence electrons. The molecule has 0 bridgehead atoms. The van der Waals surface area contributed by atoms with Gasteiger partial charge in [-0.05, 0) is 38.1 Å². The number of pyridine rings is 1. The third kappa shape index (κ3) is 3.77. The van der Waals surface area contributed by atoms with Crippen molar-refractivity contribution in [3.05, 3.63) is 77.5 Å². The van der Waals surface area contributed by atoms with Gasteiger partial charge in [-0.25, -0.2) is 4.98 Å². The van der Waals surface area contributed by atoms with E-state index < -0.39 is 0 Å². The number of fused-ring (bicyclic) bond motifs is 1. The maximum Gasteiger partial charge on any atom is 0.271 e. The summed E-state index contributed by atoms with van der Waals surface area (Å²) in [7, 11) is 0. The molecule has 2 amide bonds. The molecule has 0 radical (unpaired) electrons. The lowest BCUT2D eigenvalue weighted by atomic mass is 10.2. The molecule has 0 fully saturated rings. The number of amides is 2. The number of hydrogen-bond acceptors (Lipinski definition) is 5. The summed E-state index contributed by atoms with van der Waals surface area (Å²) < 4.78 is 1.66. The minimum Gasteiger partial charge on any atom is -0.352 e. The number of aromatic nitrogens is 5. The van der Waals surface area contributed by atoms with Crippen LogP contribution in [0.5, 0.6) is 0 Å². The summed E-state index contributed by atoms with van der Waals surface area (Å²) >= 11 is 0. The highest BCUT2D eigenvalue weighted by Crippen LogP contribution is 2.12. The van der Waals surface area contributed by atoms with Gasteiger partial charge >= 0.3 is 0 Å². The van der Waals surface area contributed by atoms with Gasteiger partial charge in [-0.3, -0.25) is 9.59 Å². The van der Waals surface area contributed by atoms with E-state index in [9.17, 15) is 9.59 Å².